The molecule has 0 aliphatic carbocycles. The first-order valence-corrected chi connectivity index (χ1v) is 8.04. The first-order valence-electron chi connectivity index (χ1n) is 7.66. The standard InChI is InChI=1S/C20H17ClN2O/c1-13(14-6-8-18(21)9-7-14)19-12-17(10-11-23-19)15-2-4-16(5-3-15)20(22)24/h2-13H,1H3,(H2,22,24)/t13-/m1/s1. The van der Waals surface area contributed by atoms with Gasteiger partial charge in [0, 0.05) is 28.4 Å². The second-order valence-electron chi connectivity index (χ2n) is 5.68. The molecule has 0 unspecified atom stereocenters. The van der Waals surface area contributed by atoms with Gasteiger partial charge in [-0.3, -0.25) is 9.78 Å². The van der Waals surface area contributed by atoms with Crippen LogP contribution in [0.4, 0.5) is 0 Å². The molecule has 1 aromatic heterocycles. The maximum absolute atomic E-state index is 11.2. The molecular formula is C20H17ClN2O. The van der Waals surface area contributed by atoms with Crippen LogP contribution in [0.5, 0.6) is 0 Å². The molecule has 0 spiro atoms. The van der Waals surface area contributed by atoms with Crippen molar-refractivity contribution < 1.29 is 4.79 Å². The summed E-state index contributed by atoms with van der Waals surface area (Å²) in [4.78, 5) is 15.7. The van der Waals surface area contributed by atoms with E-state index in [9.17, 15) is 4.79 Å². The van der Waals surface area contributed by atoms with Crippen molar-refractivity contribution >= 4 is 17.5 Å². The van der Waals surface area contributed by atoms with Crippen LogP contribution in [0.2, 0.25) is 5.02 Å². The minimum atomic E-state index is -0.423. The van der Waals surface area contributed by atoms with Crippen LogP contribution < -0.4 is 5.73 Å². The Balaban J connectivity index is 1.91. The number of primary amides is 1. The third-order valence-electron chi connectivity index (χ3n) is 4.10. The molecule has 3 aromatic rings. The number of carbonyl (C=O) groups is 1. The number of nitrogens with zero attached hydrogens (tertiary/aromatic N) is 1. The summed E-state index contributed by atoms with van der Waals surface area (Å²) in [6, 6.07) is 19.1. The lowest BCUT2D eigenvalue weighted by atomic mass is 9.95. The average molecular weight is 337 g/mol. The molecular weight excluding hydrogens is 320 g/mol. The average Bonchev–Trinajstić information content (AvgIpc) is 2.62. The molecule has 1 heterocycles. The summed E-state index contributed by atoms with van der Waals surface area (Å²) >= 11 is 5.95. The Morgan fingerprint density at radius 2 is 1.67 bits per heavy atom. The summed E-state index contributed by atoms with van der Waals surface area (Å²) < 4.78 is 0. The highest BCUT2D eigenvalue weighted by atomic mass is 35.5. The van der Waals surface area contributed by atoms with E-state index >= 15 is 0 Å². The lowest BCUT2D eigenvalue weighted by molar-refractivity contribution is 0.100. The van der Waals surface area contributed by atoms with Gasteiger partial charge in [0.1, 0.15) is 0 Å². The van der Waals surface area contributed by atoms with Crippen LogP contribution in [0.15, 0.2) is 66.9 Å². The maximum Gasteiger partial charge on any atom is 0.248 e. The predicted molar refractivity (Wildman–Crippen MR) is 97.2 cm³/mol. The van der Waals surface area contributed by atoms with Crippen LogP contribution in [0.25, 0.3) is 11.1 Å². The molecule has 2 aromatic carbocycles. The van der Waals surface area contributed by atoms with Gasteiger partial charge in [0.25, 0.3) is 0 Å². The number of benzene rings is 2. The van der Waals surface area contributed by atoms with E-state index < -0.39 is 5.91 Å². The first kappa shape index (κ1) is 16.2. The summed E-state index contributed by atoms with van der Waals surface area (Å²) in [6.07, 6.45) is 1.80. The number of amides is 1. The van der Waals surface area contributed by atoms with Crippen LogP contribution in [-0.2, 0) is 0 Å². The third-order valence-corrected chi connectivity index (χ3v) is 4.35. The molecule has 3 nitrogen and oxygen atoms in total. The SMILES string of the molecule is C[C@H](c1ccc(Cl)cc1)c1cc(-c2ccc(C(N)=O)cc2)ccn1. The van der Waals surface area contributed by atoms with Gasteiger partial charge in [-0.25, -0.2) is 0 Å². The second kappa shape index (κ2) is 6.85. The minimum Gasteiger partial charge on any atom is -0.366 e. The topological polar surface area (TPSA) is 56.0 Å². The Kier molecular flexibility index (Phi) is 4.63. The van der Waals surface area contributed by atoms with E-state index in [0.717, 1.165) is 27.4 Å². The summed E-state index contributed by atoms with van der Waals surface area (Å²) in [7, 11) is 0. The zero-order chi connectivity index (χ0) is 17.1. The van der Waals surface area contributed by atoms with Gasteiger partial charge in [0.05, 0.1) is 0 Å². The molecule has 24 heavy (non-hydrogen) atoms. The maximum atomic E-state index is 11.2. The molecule has 1 amide bonds. The van der Waals surface area contributed by atoms with Crippen molar-refractivity contribution in [3.05, 3.63) is 88.7 Å². The van der Waals surface area contributed by atoms with Crippen molar-refractivity contribution in [1.29, 1.82) is 0 Å². The Bertz CT molecular complexity index is 858. The van der Waals surface area contributed by atoms with Crippen molar-refractivity contribution in [2.45, 2.75) is 12.8 Å². The third kappa shape index (κ3) is 3.47. The van der Waals surface area contributed by atoms with Gasteiger partial charge in [0.15, 0.2) is 0 Å². The molecule has 0 saturated heterocycles. The molecule has 1 atom stereocenters. The van der Waals surface area contributed by atoms with Gasteiger partial charge >= 0.3 is 0 Å². The highest BCUT2D eigenvalue weighted by Gasteiger charge is 2.11. The molecule has 0 fully saturated rings. The van der Waals surface area contributed by atoms with E-state index in [1.807, 2.05) is 42.5 Å². The first-order chi connectivity index (χ1) is 11.5. The van der Waals surface area contributed by atoms with E-state index in [0.29, 0.717) is 5.56 Å². The van der Waals surface area contributed by atoms with E-state index in [-0.39, 0.29) is 5.92 Å². The Morgan fingerprint density at radius 3 is 2.29 bits per heavy atom. The number of rotatable bonds is 4. The van der Waals surface area contributed by atoms with Crippen LogP contribution in [0.1, 0.15) is 34.5 Å². The molecule has 0 aliphatic rings. The quantitative estimate of drug-likeness (QED) is 0.753. The van der Waals surface area contributed by atoms with Crippen molar-refractivity contribution in [2.24, 2.45) is 5.73 Å². The van der Waals surface area contributed by atoms with Gasteiger partial charge in [-0.1, -0.05) is 42.8 Å². The Hall–Kier alpha value is -2.65. The fraction of sp³-hybridized carbons (Fsp3) is 0.100. The number of aromatic nitrogens is 1. The van der Waals surface area contributed by atoms with Crippen LogP contribution in [0, 0.1) is 0 Å². The summed E-state index contributed by atoms with van der Waals surface area (Å²) in [6.45, 7) is 2.12. The van der Waals surface area contributed by atoms with E-state index in [2.05, 4.69) is 18.0 Å². The molecule has 2 N–H and O–H groups in total. The lowest BCUT2D eigenvalue weighted by Gasteiger charge is -2.13. The number of carbonyl (C=O) groups excluding carboxylic acids is 1. The fourth-order valence-corrected chi connectivity index (χ4v) is 2.74. The van der Waals surface area contributed by atoms with E-state index in [1.165, 1.54) is 0 Å². The van der Waals surface area contributed by atoms with Crippen molar-refractivity contribution in [3.8, 4) is 11.1 Å². The summed E-state index contributed by atoms with van der Waals surface area (Å²) in [5.74, 6) is -0.263. The zero-order valence-electron chi connectivity index (χ0n) is 13.2. The normalized spacial score (nSPS) is 11.9. The fourth-order valence-electron chi connectivity index (χ4n) is 2.61. The summed E-state index contributed by atoms with van der Waals surface area (Å²) in [5.41, 5.74) is 10.00. The van der Waals surface area contributed by atoms with Crippen molar-refractivity contribution in [3.63, 3.8) is 0 Å². The highest BCUT2D eigenvalue weighted by molar-refractivity contribution is 6.30. The molecule has 0 bridgehead atoms. The van der Waals surface area contributed by atoms with E-state index in [1.54, 1.807) is 18.3 Å². The monoisotopic (exact) mass is 336 g/mol. The number of hydrogen-bond acceptors (Lipinski definition) is 2. The number of nitrogens with two attached hydrogens (primary N) is 1. The molecule has 3 rings (SSSR count). The van der Waals surface area contributed by atoms with Crippen molar-refractivity contribution in [2.75, 3.05) is 0 Å². The highest BCUT2D eigenvalue weighted by Crippen LogP contribution is 2.27. The molecule has 0 aliphatic heterocycles. The van der Waals surface area contributed by atoms with Crippen molar-refractivity contribution in [1.82, 2.24) is 4.98 Å². The van der Waals surface area contributed by atoms with Gasteiger partial charge < -0.3 is 5.73 Å². The molecule has 4 heteroatoms. The number of hydrogen-bond donors (Lipinski definition) is 1. The molecule has 0 saturated carbocycles. The largest absolute Gasteiger partial charge is 0.366 e. The lowest BCUT2D eigenvalue weighted by Crippen LogP contribution is -2.10. The van der Waals surface area contributed by atoms with Crippen LogP contribution in [-0.4, -0.2) is 10.9 Å². The van der Waals surface area contributed by atoms with Crippen LogP contribution >= 0.6 is 11.6 Å². The molecule has 120 valence electrons. The van der Waals surface area contributed by atoms with Gasteiger partial charge in [-0.2, -0.15) is 0 Å². The Labute approximate surface area is 146 Å². The second-order valence-corrected chi connectivity index (χ2v) is 6.12. The van der Waals surface area contributed by atoms with Gasteiger partial charge in [0.2, 0.25) is 5.91 Å². The van der Waals surface area contributed by atoms with Gasteiger partial charge in [-0.15, -0.1) is 0 Å². The zero-order valence-corrected chi connectivity index (χ0v) is 14.0. The predicted octanol–water partition coefficient (Wildman–Crippen LogP) is 4.65. The molecule has 0 radical (unpaired) electrons. The minimum absolute atomic E-state index is 0.159. The van der Waals surface area contributed by atoms with E-state index in [4.69, 9.17) is 17.3 Å². The number of pyridine rings is 1. The van der Waals surface area contributed by atoms with Gasteiger partial charge in [-0.05, 0) is 53.1 Å². The van der Waals surface area contributed by atoms with Crippen LogP contribution in [0.3, 0.4) is 0 Å². The summed E-state index contributed by atoms with van der Waals surface area (Å²) in [5, 5.41) is 0.724. The number of halogens is 1. The Morgan fingerprint density at radius 1 is 1.00 bits per heavy atom. The smallest absolute Gasteiger partial charge is 0.248 e.